The van der Waals surface area contributed by atoms with Gasteiger partial charge in [-0.05, 0) is 68.1 Å². The van der Waals surface area contributed by atoms with E-state index in [2.05, 4.69) is 59.3 Å². The Balaban J connectivity index is 1.41. The smallest absolute Gasteiger partial charge is 0.122 e. The monoisotopic (exact) mass is 408 g/mol. The molecule has 1 unspecified atom stereocenters. The zero-order valence-corrected chi connectivity index (χ0v) is 18.7. The second-order valence-electron chi connectivity index (χ2n) is 8.27. The molecule has 30 heavy (non-hydrogen) atoms. The van der Waals surface area contributed by atoms with Crippen LogP contribution in [0.25, 0.3) is 6.08 Å². The van der Waals surface area contributed by atoms with Gasteiger partial charge in [0.2, 0.25) is 0 Å². The quantitative estimate of drug-likeness (QED) is 0.573. The highest BCUT2D eigenvalue weighted by molar-refractivity contribution is 5.50. The maximum absolute atomic E-state index is 5.50. The van der Waals surface area contributed by atoms with Crippen molar-refractivity contribution in [2.75, 3.05) is 54.0 Å². The number of rotatable bonds is 10. The van der Waals surface area contributed by atoms with Gasteiger partial charge in [-0.25, -0.2) is 0 Å². The average Bonchev–Trinajstić information content (AvgIpc) is 2.78. The Bertz CT molecular complexity index is 788. The van der Waals surface area contributed by atoms with E-state index in [1.165, 1.54) is 37.1 Å². The molecule has 0 radical (unpaired) electrons. The van der Waals surface area contributed by atoms with E-state index in [-0.39, 0.29) is 0 Å². The van der Waals surface area contributed by atoms with Crippen molar-refractivity contribution in [1.82, 2.24) is 9.80 Å². The topological polar surface area (TPSA) is 24.9 Å². The molecule has 3 rings (SSSR count). The summed E-state index contributed by atoms with van der Waals surface area (Å²) >= 11 is 0. The molecule has 0 bridgehead atoms. The molecule has 0 saturated carbocycles. The van der Waals surface area contributed by atoms with Crippen LogP contribution < -0.4 is 9.47 Å². The van der Waals surface area contributed by atoms with Crippen LogP contribution in [0.3, 0.4) is 0 Å². The van der Waals surface area contributed by atoms with E-state index in [1.54, 1.807) is 14.2 Å². The highest BCUT2D eigenvalue weighted by atomic mass is 16.5. The fraction of sp³-hybridized carbons (Fsp3) is 0.462. The molecule has 2 aromatic rings. The molecule has 0 N–H and O–H groups in total. The Labute approximate surface area is 182 Å². The van der Waals surface area contributed by atoms with Gasteiger partial charge in [0.05, 0.1) is 14.2 Å². The number of hydrogen-bond acceptors (Lipinski definition) is 4. The van der Waals surface area contributed by atoms with Crippen LogP contribution in [0.4, 0.5) is 0 Å². The highest BCUT2D eigenvalue weighted by Gasteiger charge is 2.21. The number of para-hydroxylation sites is 1. The van der Waals surface area contributed by atoms with E-state index >= 15 is 0 Å². The van der Waals surface area contributed by atoms with Gasteiger partial charge in [-0.3, -0.25) is 0 Å². The number of likely N-dealkylation sites (N-methyl/N-ethyl adjacent to an activating group) is 1. The summed E-state index contributed by atoms with van der Waals surface area (Å²) in [7, 11) is 5.69. The lowest BCUT2D eigenvalue weighted by Gasteiger charge is -2.34. The van der Waals surface area contributed by atoms with E-state index in [4.69, 9.17) is 9.47 Å². The fourth-order valence-electron chi connectivity index (χ4n) is 4.29. The van der Waals surface area contributed by atoms with Crippen LogP contribution in [-0.4, -0.2) is 63.8 Å². The highest BCUT2D eigenvalue weighted by Crippen LogP contribution is 2.21. The molecule has 0 aliphatic carbocycles. The summed E-state index contributed by atoms with van der Waals surface area (Å²) < 4.78 is 10.7. The third kappa shape index (κ3) is 6.89. The molecule has 4 heteroatoms. The van der Waals surface area contributed by atoms with Crippen LogP contribution in [-0.2, 0) is 6.42 Å². The Kier molecular flexibility index (Phi) is 8.79. The van der Waals surface area contributed by atoms with Crippen LogP contribution in [0.1, 0.15) is 24.0 Å². The lowest BCUT2D eigenvalue weighted by Crippen LogP contribution is -2.41. The zero-order valence-electron chi connectivity index (χ0n) is 18.7. The van der Waals surface area contributed by atoms with Crippen molar-refractivity contribution in [3.05, 3.63) is 65.7 Å². The van der Waals surface area contributed by atoms with Crippen molar-refractivity contribution in [3.63, 3.8) is 0 Å². The van der Waals surface area contributed by atoms with Crippen molar-refractivity contribution in [2.45, 2.75) is 19.3 Å². The fourth-order valence-corrected chi connectivity index (χ4v) is 4.29. The van der Waals surface area contributed by atoms with E-state index in [0.29, 0.717) is 0 Å². The Morgan fingerprint density at radius 1 is 1.07 bits per heavy atom. The predicted molar refractivity (Wildman–Crippen MR) is 125 cm³/mol. The summed E-state index contributed by atoms with van der Waals surface area (Å²) in [6.45, 7) is 5.65. The second-order valence-corrected chi connectivity index (χ2v) is 8.27. The number of likely N-dealkylation sites (tertiary alicyclic amines) is 1. The van der Waals surface area contributed by atoms with Gasteiger partial charge in [-0.15, -0.1) is 0 Å². The first kappa shape index (κ1) is 22.4. The first-order chi connectivity index (χ1) is 14.7. The van der Waals surface area contributed by atoms with Gasteiger partial charge in [-0.2, -0.15) is 0 Å². The summed E-state index contributed by atoms with van der Waals surface area (Å²) in [4.78, 5) is 5.07. The summed E-state index contributed by atoms with van der Waals surface area (Å²) in [5.74, 6) is 2.65. The van der Waals surface area contributed by atoms with Gasteiger partial charge < -0.3 is 19.3 Å². The molecular weight excluding hydrogens is 372 g/mol. The number of nitrogens with zero attached hydrogens (tertiary/aromatic N) is 2. The van der Waals surface area contributed by atoms with Crippen molar-refractivity contribution < 1.29 is 9.47 Å². The van der Waals surface area contributed by atoms with Crippen molar-refractivity contribution in [3.8, 4) is 11.5 Å². The molecule has 1 heterocycles. The molecule has 1 aliphatic heterocycles. The minimum Gasteiger partial charge on any atom is -0.497 e. The first-order valence-corrected chi connectivity index (χ1v) is 11.0. The van der Waals surface area contributed by atoms with Gasteiger partial charge in [0.1, 0.15) is 11.5 Å². The lowest BCUT2D eigenvalue weighted by atomic mass is 9.97. The molecule has 0 aromatic heterocycles. The van der Waals surface area contributed by atoms with E-state index < -0.39 is 0 Å². The summed E-state index contributed by atoms with van der Waals surface area (Å²) in [5, 5.41) is 0. The molecule has 1 fully saturated rings. The minimum atomic E-state index is 0.746. The molecule has 0 amide bonds. The summed E-state index contributed by atoms with van der Waals surface area (Å²) in [5.41, 5.74) is 2.52. The lowest BCUT2D eigenvalue weighted by molar-refractivity contribution is 0.148. The van der Waals surface area contributed by atoms with Crippen molar-refractivity contribution in [2.24, 2.45) is 5.92 Å². The predicted octanol–water partition coefficient (Wildman–Crippen LogP) is 4.60. The van der Waals surface area contributed by atoms with Crippen LogP contribution in [0, 0.1) is 5.92 Å². The molecular formula is C26H36N2O2. The Morgan fingerprint density at radius 2 is 1.87 bits per heavy atom. The Hall–Kier alpha value is -2.30. The van der Waals surface area contributed by atoms with Crippen LogP contribution in [0.5, 0.6) is 11.5 Å². The number of hydrogen-bond donors (Lipinski definition) is 0. The molecule has 0 spiro atoms. The Morgan fingerprint density at radius 3 is 2.63 bits per heavy atom. The maximum Gasteiger partial charge on any atom is 0.122 e. The van der Waals surface area contributed by atoms with Crippen LogP contribution in [0.15, 0.2) is 54.6 Å². The normalized spacial score (nSPS) is 17.5. The SMILES string of the molecule is COc1ccc(C=CCN(C)CC2CCCN(CCc3ccccc3OC)C2)cc1. The van der Waals surface area contributed by atoms with Gasteiger partial charge in [-0.1, -0.05) is 42.5 Å². The number of methoxy groups -OCH3 is 2. The minimum absolute atomic E-state index is 0.746. The second kappa shape index (κ2) is 11.8. The number of ether oxygens (including phenoxy) is 2. The van der Waals surface area contributed by atoms with E-state index in [9.17, 15) is 0 Å². The zero-order chi connectivity index (χ0) is 21.2. The molecule has 2 aromatic carbocycles. The van der Waals surface area contributed by atoms with E-state index in [1.807, 2.05) is 18.2 Å². The third-order valence-electron chi connectivity index (χ3n) is 5.91. The molecule has 1 saturated heterocycles. The average molecular weight is 409 g/mol. The first-order valence-electron chi connectivity index (χ1n) is 11.0. The summed E-state index contributed by atoms with van der Waals surface area (Å²) in [6, 6.07) is 16.6. The standard InChI is InChI=1S/C26H36N2O2/c1-27(17-6-8-22-12-14-25(29-2)15-13-22)20-23-9-7-18-28(21-23)19-16-24-10-4-5-11-26(24)30-3/h4-6,8,10-15,23H,7,9,16-21H2,1-3H3. The van der Waals surface area contributed by atoms with Crippen molar-refractivity contribution in [1.29, 1.82) is 0 Å². The molecule has 162 valence electrons. The van der Waals surface area contributed by atoms with Crippen molar-refractivity contribution >= 4 is 6.08 Å². The van der Waals surface area contributed by atoms with E-state index in [0.717, 1.165) is 43.5 Å². The number of piperidine rings is 1. The summed E-state index contributed by atoms with van der Waals surface area (Å²) in [6.07, 6.45) is 8.13. The largest absolute Gasteiger partial charge is 0.497 e. The van der Waals surface area contributed by atoms with Gasteiger partial charge >= 0.3 is 0 Å². The molecule has 4 nitrogen and oxygen atoms in total. The van der Waals surface area contributed by atoms with Gasteiger partial charge in [0, 0.05) is 26.2 Å². The van der Waals surface area contributed by atoms with Gasteiger partial charge in [0.25, 0.3) is 0 Å². The van der Waals surface area contributed by atoms with Crippen LogP contribution in [0.2, 0.25) is 0 Å². The van der Waals surface area contributed by atoms with Gasteiger partial charge in [0.15, 0.2) is 0 Å². The third-order valence-corrected chi connectivity index (χ3v) is 5.91. The maximum atomic E-state index is 5.50. The number of benzene rings is 2. The molecule has 1 atom stereocenters. The molecule has 1 aliphatic rings. The van der Waals surface area contributed by atoms with Crippen LogP contribution >= 0.6 is 0 Å².